The van der Waals surface area contributed by atoms with Gasteiger partial charge in [-0.2, -0.15) is 0 Å². The molecule has 1 N–H and O–H groups in total. The van der Waals surface area contributed by atoms with Crippen LogP contribution in [-0.2, 0) is 4.79 Å². The summed E-state index contributed by atoms with van der Waals surface area (Å²) in [6.07, 6.45) is 3.10. The van der Waals surface area contributed by atoms with Gasteiger partial charge >= 0.3 is 0 Å². The van der Waals surface area contributed by atoms with E-state index in [1.54, 1.807) is 0 Å². The molecule has 0 aromatic rings. The quantitative estimate of drug-likeness (QED) is 0.594. The van der Waals surface area contributed by atoms with Crippen LogP contribution in [0.5, 0.6) is 0 Å². The van der Waals surface area contributed by atoms with Crippen LogP contribution in [0.4, 0.5) is 0 Å². The highest BCUT2D eigenvalue weighted by molar-refractivity contribution is 5.79. The Morgan fingerprint density at radius 3 is 2.50 bits per heavy atom. The first-order valence-corrected chi connectivity index (χ1v) is 3.87. The average molecular weight is 144 g/mol. The van der Waals surface area contributed by atoms with Crippen molar-refractivity contribution >= 4 is 5.78 Å². The number of aliphatic hydroxyl groups is 1. The maximum absolute atomic E-state index is 10.5. The number of aliphatic hydroxyl groups excluding tert-OH is 1. The molecule has 0 saturated carbocycles. The predicted molar refractivity (Wildman–Crippen MR) is 40.8 cm³/mol. The molecular formula is C8H16O2. The molecule has 0 fully saturated rings. The molecule has 60 valence electrons. The van der Waals surface area contributed by atoms with E-state index in [4.69, 9.17) is 5.11 Å². The third-order valence-electron chi connectivity index (χ3n) is 1.55. The topological polar surface area (TPSA) is 37.3 Å². The molecule has 0 amide bonds. The van der Waals surface area contributed by atoms with Crippen LogP contribution in [0.1, 0.15) is 39.5 Å². The molecule has 0 saturated heterocycles. The van der Waals surface area contributed by atoms with Crippen molar-refractivity contribution < 1.29 is 9.90 Å². The summed E-state index contributed by atoms with van der Waals surface area (Å²) in [7, 11) is 0. The van der Waals surface area contributed by atoms with Gasteiger partial charge in [-0.25, -0.2) is 0 Å². The standard InChI is InChI=1S/C8H16O2/c1-3-4-5-6-8(10)7(2)9/h8,10H,3-6H2,1-2H3/t8-/m1/s1. The Morgan fingerprint density at radius 2 is 2.10 bits per heavy atom. The first-order chi connectivity index (χ1) is 4.68. The summed E-state index contributed by atoms with van der Waals surface area (Å²) >= 11 is 0. The molecule has 0 aliphatic heterocycles. The van der Waals surface area contributed by atoms with E-state index < -0.39 is 6.10 Å². The molecule has 0 aliphatic rings. The lowest BCUT2D eigenvalue weighted by molar-refractivity contribution is -0.125. The van der Waals surface area contributed by atoms with Crippen LogP contribution in [0, 0.1) is 0 Å². The molecule has 0 bridgehead atoms. The summed E-state index contributed by atoms with van der Waals surface area (Å²) in [4.78, 5) is 10.5. The van der Waals surface area contributed by atoms with Crippen LogP contribution in [-0.4, -0.2) is 17.0 Å². The monoisotopic (exact) mass is 144 g/mol. The number of rotatable bonds is 5. The van der Waals surface area contributed by atoms with Crippen molar-refractivity contribution in [3.63, 3.8) is 0 Å². The average Bonchev–Trinajstić information content (AvgIpc) is 1.88. The van der Waals surface area contributed by atoms with Crippen molar-refractivity contribution in [2.24, 2.45) is 0 Å². The van der Waals surface area contributed by atoms with Gasteiger partial charge in [-0.3, -0.25) is 4.79 Å². The minimum Gasteiger partial charge on any atom is -0.385 e. The predicted octanol–water partition coefficient (Wildman–Crippen LogP) is 1.52. The van der Waals surface area contributed by atoms with E-state index in [-0.39, 0.29) is 5.78 Å². The summed E-state index contributed by atoms with van der Waals surface area (Å²) in [6.45, 7) is 3.52. The van der Waals surface area contributed by atoms with E-state index in [2.05, 4.69) is 6.92 Å². The number of hydrogen-bond donors (Lipinski definition) is 1. The van der Waals surface area contributed by atoms with Crippen LogP contribution >= 0.6 is 0 Å². The Kier molecular flexibility index (Phi) is 5.22. The van der Waals surface area contributed by atoms with Crippen LogP contribution in [0.3, 0.4) is 0 Å². The van der Waals surface area contributed by atoms with Gasteiger partial charge in [0.15, 0.2) is 5.78 Å². The second kappa shape index (κ2) is 5.42. The number of ketones is 1. The fourth-order valence-electron chi connectivity index (χ4n) is 0.791. The van der Waals surface area contributed by atoms with Gasteiger partial charge in [0.05, 0.1) is 0 Å². The lowest BCUT2D eigenvalue weighted by Crippen LogP contribution is -2.16. The van der Waals surface area contributed by atoms with E-state index in [1.165, 1.54) is 6.92 Å². The van der Waals surface area contributed by atoms with Crippen molar-refractivity contribution in [1.82, 2.24) is 0 Å². The Morgan fingerprint density at radius 1 is 1.50 bits per heavy atom. The Bertz CT molecular complexity index is 99.4. The van der Waals surface area contributed by atoms with Crippen molar-refractivity contribution in [2.75, 3.05) is 0 Å². The summed E-state index contributed by atoms with van der Waals surface area (Å²) in [5.74, 6) is -0.115. The van der Waals surface area contributed by atoms with E-state index in [0.29, 0.717) is 6.42 Å². The van der Waals surface area contributed by atoms with Gasteiger partial charge in [0.2, 0.25) is 0 Å². The number of unbranched alkanes of at least 4 members (excludes halogenated alkanes) is 2. The van der Waals surface area contributed by atoms with Gasteiger partial charge in [-0.1, -0.05) is 26.2 Å². The van der Waals surface area contributed by atoms with Gasteiger partial charge < -0.3 is 5.11 Å². The van der Waals surface area contributed by atoms with E-state index in [9.17, 15) is 4.79 Å². The highest BCUT2D eigenvalue weighted by Crippen LogP contribution is 2.03. The molecule has 0 spiro atoms. The Hall–Kier alpha value is -0.370. The molecule has 0 unspecified atom stereocenters. The molecule has 0 heterocycles. The van der Waals surface area contributed by atoms with Gasteiger partial charge in [0.1, 0.15) is 6.10 Å². The largest absolute Gasteiger partial charge is 0.385 e. The number of carbonyl (C=O) groups excluding carboxylic acids is 1. The molecule has 2 nitrogen and oxygen atoms in total. The Labute approximate surface area is 62.2 Å². The van der Waals surface area contributed by atoms with Crippen LogP contribution in [0.2, 0.25) is 0 Å². The van der Waals surface area contributed by atoms with Crippen molar-refractivity contribution in [1.29, 1.82) is 0 Å². The normalized spacial score (nSPS) is 13.1. The molecule has 0 aliphatic carbocycles. The number of hydrogen-bond acceptors (Lipinski definition) is 2. The summed E-state index contributed by atoms with van der Waals surface area (Å²) in [5, 5.41) is 9.00. The molecule has 0 radical (unpaired) electrons. The SMILES string of the molecule is CCCCC[C@@H](O)C(C)=O. The molecule has 1 atom stereocenters. The van der Waals surface area contributed by atoms with Crippen LogP contribution in [0.25, 0.3) is 0 Å². The lowest BCUT2D eigenvalue weighted by Gasteiger charge is -2.04. The fourth-order valence-corrected chi connectivity index (χ4v) is 0.791. The van der Waals surface area contributed by atoms with Gasteiger partial charge in [-0.15, -0.1) is 0 Å². The summed E-state index contributed by atoms with van der Waals surface area (Å²) < 4.78 is 0. The smallest absolute Gasteiger partial charge is 0.158 e. The second-order valence-electron chi connectivity index (χ2n) is 2.62. The first-order valence-electron chi connectivity index (χ1n) is 3.87. The zero-order chi connectivity index (χ0) is 7.98. The van der Waals surface area contributed by atoms with Gasteiger partial charge in [0.25, 0.3) is 0 Å². The zero-order valence-electron chi connectivity index (χ0n) is 6.76. The van der Waals surface area contributed by atoms with E-state index >= 15 is 0 Å². The van der Waals surface area contributed by atoms with Crippen molar-refractivity contribution in [2.45, 2.75) is 45.6 Å². The van der Waals surface area contributed by atoms with E-state index in [1.807, 2.05) is 0 Å². The summed E-state index contributed by atoms with van der Waals surface area (Å²) in [6, 6.07) is 0. The zero-order valence-corrected chi connectivity index (χ0v) is 6.76. The maximum atomic E-state index is 10.5. The number of Topliss-reactive ketones (excluding diaryl/α,β-unsaturated/α-hetero) is 1. The highest BCUT2D eigenvalue weighted by atomic mass is 16.3. The molecule has 2 heteroatoms. The highest BCUT2D eigenvalue weighted by Gasteiger charge is 2.07. The first kappa shape index (κ1) is 9.63. The van der Waals surface area contributed by atoms with Gasteiger partial charge in [-0.05, 0) is 13.3 Å². The third kappa shape index (κ3) is 4.50. The maximum Gasteiger partial charge on any atom is 0.158 e. The third-order valence-corrected chi connectivity index (χ3v) is 1.55. The van der Waals surface area contributed by atoms with Crippen molar-refractivity contribution in [3.8, 4) is 0 Å². The molecule has 0 rings (SSSR count). The van der Waals surface area contributed by atoms with Crippen molar-refractivity contribution in [3.05, 3.63) is 0 Å². The molecule has 0 aromatic heterocycles. The van der Waals surface area contributed by atoms with E-state index in [0.717, 1.165) is 19.3 Å². The van der Waals surface area contributed by atoms with Crippen LogP contribution < -0.4 is 0 Å². The number of carbonyl (C=O) groups is 1. The minimum atomic E-state index is -0.716. The van der Waals surface area contributed by atoms with Crippen LogP contribution in [0.15, 0.2) is 0 Å². The fraction of sp³-hybridized carbons (Fsp3) is 0.875. The molecular weight excluding hydrogens is 128 g/mol. The minimum absolute atomic E-state index is 0.115. The lowest BCUT2D eigenvalue weighted by atomic mass is 10.1. The molecule has 10 heavy (non-hydrogen) atoms. The summed E-state index contributed by atoms with van der Waals surface area (Å²) in [5.41, 5.74) is 0. The van der Waals surface area contributed by atoms with Gasteiger partial charge in [0, 0.05) is 0 Å². The molecule has 0 aromatic carbocycles. The second-order valence-corrected chi connectivity index (χ2v) is 2.62. The Balaban J connectivity index is 3.21.